The van der Waals surface area contributed by atoms with Crippen molar-refractivity contribution >= 4 is 40.2 Å². The molecule has 0 aliphatic heterocycles. The molecule has 4 rings (SSSR count). The Morgan fingerprint density at radius 1 is 1.26 bits per heavy atom. The van der Waals surface area contributed by atoms with E-state index in [0.29, 0.717) is 44.4 Å². The van der Waals surface area contributed by atoms with Crippen LogP contribution >= 0.6 is 11.8 Å². The second kappa shape index (κ2) is 9.30. The maximum absolute atomic E-state index is 13.3. The maximum atomic E-state index is 13.3. The minimum atomic E-state index is -0.544. The molecule has 0 bridgehead atoms. The van der Waals surface area contributed by atoms with Gasteiger partial charge < -0.3 is 9.72 Å². The molecule has 1 N–H and O–H groups in total. The highest BCUT2D eigenvalue weighted by molar-refractivity contribution is 8.00. The van der Waals surface area contributed by atoms with Crippen molar-refractivity contribution in [3.8, 4) is 0 Å². The van der Waals surface area contributed by atoms with Gasteiger partial charge in [-0.05, 0) is 45.4 Å². The molecule has 3 heterocycles. The number of hydrogen-bond acceptors (Lipinski definition) is 7. The molecule has 9 nitrogen and oxygen atoms in total. The van der Waals surface area contributed by atoms with Crippen molar-refractivity contribution in [2.75, 3.05) is 6.61 Å². The summed E-state index contributed by atoms with van der Waals surface area (Å²) in [6, 6.07) is 7.21. The lowest BCUT2D eigenvalue weighted by Crippen LogP contribution is -2.23. The van der Waals surface area contributed by atoms with Crippen LogP contribution in [0, 0.1) is 13.8 Å². The van der Waals surface area contributed by atoms with Gasteiger partial charge in [0.2, 0.25) is 5.78 Å². The summed E-state index contributed by atoms with van der Waals surface area (Å²) in [4.78, 5) is 41.7. The highest BCUT2D eigenvalue weighted by Crippen LogP contribution is 2.29. The van der Waals surface area contributed by atoms with Gasteiger partial charge >= 0.3 is 5.97 Å². The van der Waals surface area contributed by atoms with Crippen molar-refractivity contribution in [3.63, 3.8) is 0 Å². The minimum Gasteiger partial charge on any atom is -0.462 e. The molecule has 34 heavy (non-hydrogen) atoms. The zero-order valence-electron chi connectivity index (χ0n) is 19.4. The van der Waals surface area contributed by atoms with E-state index in [1.165, 1.54) is 16.3 Å². The second-order valence-electron chi connectivity index (χ2n) is 7.81. The Balaban J connectivity index is 1.75. The summed E-state index contributed by atoms with van der Waals surface area (Å²) in [5.41, 5.74) is 2.37. The molecule has 0 saturated carbocycles. The molecule has 0 fully saturated rings. The number of nitrogens with zero attached hydrogens (tertiary/aromatic N) is 4. The number of aryl methyl sites for hydroxylation is 1. The van der Waals surface area contributed by atoms with Gasteiger partial charge in [0.05, 0.1) is 34.0 Å². The van der Waals surface area contributed by atoms with Crippen molar-refractivity contribution in [2.45, 2.75) is 44.6 Å². The maximum Gasteiger partial charge on any atom is 0.340 e. The number of ketones is 1. The molecule has 176 valence electrons. The fraction of sp³-hybridized carbons (Fsp3) is 0.292. The molecule has 1 unspecified atom stereocenters. The molecule has 10 heteroatoms. The SMILES string of the molecule is C=CCn1c(=O)c2ccccc2n2c(SC(C)C(=O)c3[nH]c(C)c(C(=O)OCC)c3C)nnc12. The largest absolute Gasteiger partial charge is 0.462 e. The zero-order valence-corrected chi connectivity index (χ0v) is 20.2. The quantitative estimate of drug-likeness (QED) is 0.177. The topological polar surface area (TPSA) is 111 Å². The van der Waals surface area contributed by atoms with Crippen LogP contribution in [-0.4, -0.2) is 47.8 Å². The summed E-state index contributed by atoms with van der Waals surface area (Å²) in [6.07, 6.45) is 1.63. The van der Waals surface area contributed by atoms with E-state index in [2.05, 4.69) is 21.8 Å². The fourth-order valence-electron chi connectivity index (χ4n) is 4.02. The number of rotatable bonds is 8. The number of carbonyl (C=O) groups is 2. The van der Waals surface area contributed by atoms with Gasteiger partial charge in [-0.25, -0.2) is 4.79 Å². The van der Waals surface area contributed by atoms with Crippen molar-refractivity contribution in [3.05, 3.63) is 69.8 Å². The Bertz CT molecular complexity index is 1500. The van der Waals surface area contributed by atoms with E-state index in [9.17, 15) is 14.4 Å². The number of carbonyl (C=O) groups excluding carboxylic acids is 2. The fourth-order valence-corrected chi connectivity index (χ4v) is 4.94. The number of Topliss-reactive ketones (excluding diaryl/α,β-unsaturated/α-hetero) is 1. The summed E-state index contributed by atoms with van der Waals surface area (Å²) in [5.74, 6) is -0.257. The van der Waals surface area contributed by atoms with Crippen LogP contribution in [0.5, 0.6) is 0 Å². The third-order valence-electron chi connectivity index (χ3n) is 5.60. The molecular formula is C24H25N5O4S. The molecule has 0 amide bonds. The normalized spacial score (nSPS) is 12.2. The average Bonchev–Trinajstić information content (AvgIpc) is 3.36. The van der Waals surface area contributed by atoms with Crippen LogP contribution in [0.4, 0.5) is 0 Å². The number of esters is 1. The van der Waals surface area contributed by atoms with Gasteiger partial charge in [-0.1, -0.05) is 30.0 Å². The van der Waals surface area contributed by atoms with E-state index < -0.39 is 11.2 Å². The third-order valence-corrected chi connectivity index (χ3v) is 6.65. The lowest BCUT2D eigenvalue weighted by molar-refractivity contribution is 0.0525. The Labute approximate surface area is 199 Å². The summed E-state index contributed by atoms with van der Waals surface area (Å²) >= 11 is 1.24. The Morgan fingerprint density at radius 2 is 2.00 bits per heavy atom. The van der Waals surface area contributed by atoms with Crippen LogP contribution in [0.3, 0.4) is 0 Å². The van der Waals surface area contributed by atoms with Gasteiger partial charge in [0.25, 0.3) is 5.56 Å². The van der Waals surface area contributed by atoms with Crippen LogP contribution < -0.4 is 5.56 Å². The van der Waals surface area contributed by atoms with Gasteiger partial charge in [-0.2, -0.15) is 0 Å². The molecule has 0 radical (unpaired) electrons. The molecule has 0 spiro atoms. The summed E-state index contributed by atoms with van der Waals surface area (Å²) < 4.78 is 8.41. The number of benzene rings is 1. The lowest BCUT2D eigenvalue weighted by Gasteiger charge is -2.12. The first kappa shape index (κ1) is 23.5. The smallest absolute Gasteiger partial charge is 0.340 e. The Kier molecular flexibility index (Phi) is 6.43. The van der Waals surface area contributed by atoms with Crippen LogP contribution in [0.15, 0.2) is 46.9 Å². The Hall–Kier alpha value is -3.66. The number of ether oxygens (including phenoxy) is 1. The number of fused-ring (bicyclic) bond motifs is 3. The van der Waals surface area contributed by atoms with Crippen LogP contribution in [0.2, 0.25) is 0 Å². The van der Waals surface area contributed by atoms with Crippen molar-refractivity contribution in [2.24, 2.45) is 0 Å². The molecule has 1 atom stereocenters. The van der Waals surface area contributed by atoms with E-state index >= 15 is 0 Å². The number of nitrogens with one attached hydrogen (secondary N) is 1. The molecule has 0 saturated heterocycles. The first-order chi connectivity index (χ1) is 16.3. The standard InChI is InChI=1S/C24H25N5O4S/c1-6-12-28-21(31)16-10-8-9-11-17(16)29-23(28)26-27-24(29)34-15(5)20(30)19-13(3)18(14(4)25-19)22(32)33-7-2/h6,8-11,15,25H,1,7,12H2,2-5H3. The molecule has 0 aliphatic rings. The van der Waals surface area contributed by atoms with Gasteiger partial charge in [0.15, 0.2) is 10.9 Å². The second-order valence-corrected chi connectivity index (χ2v) is 9.12. The van der Waals surface area contributed by atoms with Crippen LogP contribution in [0.25, 0.3) is 16.7 Å². The molecule has 3 aromatic heterocycles. The number of thioether (sulfide) groups is 1. The van der Waals surface area contributed by atoms with E-state index in [0.717, 1.165) is 0 Å². The molecule has 1 aromatic carbocycles. The minimum absolute atomic E-state index is 0.179. The van der Waals surface area contributed by atoms with E-state index in [-0.39, 0.29) is 24.5 Å². The number of hydrogen-bond donors (Lipinski definition) is 1. The first-order valence-electron chi connectivity index (χ1n) is 10.8. The molecule has 4 aromatic rings. The van der Waals surface area contributed by atoms with Crippen LogP contribution in [0.1, 0.15) is 46.0 Å². The van der Waals surface area contributed by atoms with Crippen LogP contribution in [-0.2, 0) is 11.3 Å². The number of aromatic amines is 1. The number of allylic oxidation sites excluding steroid dienone is 1. The van der Waals surface area contributed by atoms with Gasteiger partial charge in [0, 0.05) is 12.2 Å². The van der Waals surface area contributed by atoms with Gasteiger partial charge in [-0.15, -0.1) is 16.8 Å². The summed E-state index contributed by atoms with van der Waals surface area (Å²) in [5, 5.41) is 8.99. The zero-order chi connectivity index (χ0) is 24.6. The van der Waals surface area contributed by atoms with E-state index in [1.807, 2.05) is 12.1 Å². The first-order valence-corrected chi connectivity index (χ1v) is 11.7. The summed E-state index contributed by atoms with van der Waals surface area (Å²) in [6.45, 7) is 11.2. The van der Waals surface area contributed by atoms with Crippen molar-refractivity contribution < 1.29 is 14.3 Å². The number of para-hydroxylation sites is 1. The monoisotopic (exact) mass is 479 g/mol. The Morgan fingerprint density at radius 3 is 2.71 bits per heavy atom. The summed E-state index contributed by atoms with van der Waals surface area (Å²) in [7, 11) is 0. The highest BCUT2D eigenvalue weighted by atomic mass is 32.2. The predicted octanol–water partition coefficient (Wildman–Crippen LogP) is 3.72. The average molecular weight is 480 g/mol. The third kappa shape index (κ3) is 3.83. The van der Waals surface area contributed by atoms with Crippen molar-refractivity contribution in [1.82, 2.24) is 24.1 Å². The van der Waals surface area contributed by atoms with E-state index in [1.54, 1.807) is 50.3 Å². The predicted molar refractivity (Wildman–Crippen MR) is 131 cm³/mol. The van der Waals surface area contributed by atoms with Gasteiger partial charge in [0.1, 0.15) is 0 Å². The van der Waals surface area contributed by atoms with Gasteiger partial charge in [-0.3, -0.25) is 18.6 Å². The molecular weight excluding hydrogens is 454 g/mol. The number of H-pyrrole nitrogens is 1. The highest BCUT2D eigenvalue weighted by Gasteiger charge is 2.28. The molecule has 0 aliphatic carbocycles. The lowest BCUT2D eigenvalue weighted by atomic mass is 10.1. The number of aromatic nitrogens is 5. The van der Waals surface area contributed by atoms with E-state index in [4.69, 9.17) is 4.74 Å². The van der Waals surface area contributed by atoms with Crippen molar-refractivity contribution in [1.29, 1.82) is 0 Å².